The van der Waals surface area contributed by atoms with Gasteiger partial charge in [-0.2, -0.15) is 0 Å². The van der Waals surface area contributed by atoms with Gasteiger partial charge < -0.3 is 15.6 Å². The molecule has 3 N–H and O–H groups in total. The minimum atomic E-state index is -0.450. The standard InChI is InChI=1S/C9H14N4O/c10-8(14)9-12-5-6-13(9)7-1-3-11-4-2-7/h5-7,11H,1-4H2,(H2,10,14). The number of rotatable bonds is 2. The Balaban J connectivity index is 2.21. The smallest absolute Gasteiger partial charge is 0.284 e. The van der Waals surface area contributed by atoms with Crippen molar-refractivity contribution in [1.29, 1.82) is 0 Å². The zero-order valence-corrected chi connectivity index (χ0v) is 7.94. The predicted octanol–water partition coefficient (Wildman–Crippen LogP) is -0.0935. The fourth-order valence-electron chi connectivity index (χ4n) is 1.88. The van der Waals surface area contributed by atoms with E-state index in [2.05, 4.69) is 10.3 Å². The van der Waals surface area contributed by atoms with Gasteiger partial charge in [-0.15, -0.1) is 0 Å². The van der Waals surface area contributed by atoms with Gasteiger partial charge in [0.2, 0.25) is 0 Å². The highest BCUT2D eigenvalue weighted by molar-refractivity contribution is 5.89. The molecule has 0 radical (unpaired) electrons. The number of hydrogen-bond donors (Lipinski definition) is 2. The molecular formula is C9H14N4O. The Morgan fingerprint density at radius 3 is 2.93 bits per heavy atom. The van der Waals surface area contributed by atoms with Gasteiger partial charge in [-0.25, -0.2) is 4.98 Å². The fraction of sp³-hybridized carbons (Fsp3) is 0.556. The van der Waals surface area contributed by atoms with Gasteiger partial charge >= 0.3 is 0 Å². The van der Waals surface area contributed by atoms with Crippen LogP contribution in [0.1, 0.15) is 29.5 Å². The van der Waals surface area contributed by atoms with Crippen molar-refractivity contribution < 1.29 is 4.79 Å². The molecule has 1 saturated heterocycles. The molecule has 5 heteroatoms. The number of piperidine rings is 1. The maximum absolute atomic E-state index is 11.0. The highest BCUT2D eigenvalue weighted by Crippen LogP contribution is 2.19. The average Bonchev–Trinajstić information content (AvgIpc) is 2.67. The second-order valence-electron chi connectivity index (χ2n) is 3.50. The lowest BCUT2D eigenvalue weighted by molar-refractivity contribution is 0.0982. The van der Waals surface area contributed by atoms with E-state index in [1.54, 1.807) is 6.20 Å². The number of hydrogen-bond acceptors (Lipinski definition) is 3. The molecule has 14 heavy (non-hydrogen) atoms. The molecular weight excluding hydrogens is 180 g/mol. The molecule has 0 saturated carbocycles. The Morgan fingerprint density at radius 2 is 2.29 bits per heavy atom. The van der Waals surface area contributed by atoms with Crippen molar-refractivity contribution in [2.24, 2.45) is 5.73 Å². The third-order valence-corrected chi connectivity index (χ3v) is 2.59. The number of nitrogens with one attached hydrogen (secondary N) is 1. The maximum Gasteiger partial charge on any atom is 0.284 e. The van der Waals surface area contributed by atoms with E-state index in [4.69, 9.17) is 5.73 Å². The summed E-state index contributed by atoms with van der Waals surface area (Å²) in [6.07, 6.45) is 5.51. The summed E-state index contributed by atoms with van der Waals surface area (Å²) >= 11 is 0. The van der Waals surface area contributed by atoms with Gasteiger partial charge in [0, 0.05) is 18.4 Å². The molecule has 0 aromatic carbocycles. The molecule has 0 spiro atoms. The molecule has 0 aliphatic carbocycles. The highest BCUT2D eigenvalue weighted by atomic mass is 16.1. The zero-order valence-electron chi connectivity index (χ0n) is 7.94. The first-order valence-corrected chi connectivity index (χ1v) is 4.82. The Morgan fingerprint density at radius 1 is 1.57 bits per heavy atom. The Bertz CT molecular complexity index is 327. The van der Waals surface area contributed by atoms with E-state index < -0.39 is 5.91 Å². The molecule has 1 fully saturated rings. The number of carbonyl (C=O) groups excluding carboxylic acids is 1. The minimum absolute atomic E-state index is 0.362. The molecule has 0 atom stereocenters. The van der Waals surface area contributed by atoms with Gasteiger partial charge in [-0.1, -0.05) is 0 Å². The lowest BCUT2D eigenvalue weighted by atomic mass is 10.1. The number of amides is 1. The van der Waals surface area contributed by atoms with Crippen LogP contribution < -0.4 is 11.1 Å². The Hall–Kier alpha value is -1.36. The lowest BCUT2D eigenvalue weighted by Gasteiger charge is -2.24. The van der Waals surface area contributed by atoms with E-state index >= 15 is 0 Å². The molecule has 2 rings (SSSR count). The summed E-state index contributed by atoms with van der Waals surface area (Å²) < 4.78 is 1.89. The zero-order chi connectivity index (χ0) is 9.97. The summed E-state index contributed by atoms with van der Waals surface area (Å²) in [6, 6.07) is 0.362. The van der Waals surface area contributed by atoms with E-state index in [1.165, 1.54) is 0 Å². The molecule has 1 aliphatic rings. The molecule has 0 bridgehead atoms. The van der Waals surface area contributed by atoms with Gasteiger partial charge in [0.15, 0.2) is 5.82 Å². The van der Waals surface area contributed by atoms with Crippen LogP contribution in [0.3, 0.4) is 0 Å². The summed E-state index contributed by atoms with van der Waals surface area (Å²) in [5.41, 5.74) is 5.23. The van der Waals surface area contributed by atoms with Gasteiger partial charge in [-0.3, -0.25) is 4.79 Å². The van der Waals surface area contributed by atoms with Crippen LogP contribution in [0.5, 0.6) is 0 Å². The average molecular weight is 194 g/mol. The molecule has 1 aromatic heterocycles. The van der Waals surface area contributed by atoms with Gasteiger partial charge in [0.1, 0.15) is 0 Å². The quantitative estimate of drug-likeness (QED) is 0.691. The van der Waals surface area contributed by atoms with Crippen molar-refractivity contribution in [2.45, 2.75) is 18.9 Å². The molecule has 1 aliphatic heterocycles. The number of carbonyl (C=O) groups is 1. The lowest BCUT2D eigenvalue weighted by Crippen LogP contribution is -2.31. The van der Waals surface area contributed by atoms with E-state index in [0.717, 1.165) is 25.9 Å². The van der Waals surface area contributed by atoms with E-state index in [9.17, 15) is 4.79 Å². The second-order valence-corrected chi connectivity index (χ2v) is 3.50. The van der Waals surface area contributed by atoms with Gasteiger partial charge in [-0.05, 0) is 25.9 Å². The van der Waals surface area contributed by atoms with Crippen LogP contribution in [-0.4, -0.2) is 28.5 Å². The normalized spacial score (nSPS) is 18.3. The summed E-state index contributed by atoms with van der Waals surface area (Å²) in [7, 11) is 0. The largest absolute Gasteiger partial charge is 0.363 e. The molecule has 1 aromatic rings. The first-order chi connectivity index (χ1) is 6.79. The van der Waals surface area contributed by atoms with Crippen molar-refractivity contribution in [1.82, 2.24) is 14.9 Å². The van der Waals surface area contributed by atoms with E-state index in [-0.39, 0.29) is 0 Å². The first kappa shape index (κ1) is 9.21. The van der Waals surface area contributed by atoms with Gasteiger partial charge in [0.25, 0.3) is 5.91 Å². The first-order valence-electron chi connectivity index (χ1n) is 4.82. The van der Waals surface area contributed by atoms with Crippen LogP contribution in [0, 0.1) is 0 Å². The SMILES string of the molecule is NC(=O)c1nccn1C1CCNCC1. The third kappa shape index (κ3) is 1.63. The van der Waals surface area contributed by atoms with Crippen LogP contribution in [0.2, 0.25) is 0 Å². The van der Waals surface area contributed by atoms with Gasteiger partial charge in [0.05, 0.1) is 0 Å². The number of imidazole rings is 1. The molecule has 1 amide bonds. The van der Waals surface area contributed by atoms with Crippen molar-refractivity contribution in [2.75, 3.05) is 13.1 Å². The molecule has 2 heterocycles. The topological polar surface area (TPSA) is 72.9 Å². The van der Waals surface area contributed by atoms with E-state index in [0.29, 0.717) is 11.9 Å². The van der Waals surface area contributed by atoms with Crippen molar-refractivity contribution in [3.63, 3.8) is 0 Å². The maximum atomic E-state index is 11.0. The molecule has 0 unspecified atom stereocenters. The monoisotopic (exact) mass is 194 g/mol. The Labute approximate surface area is 82.3 Å². The third-order valence-electron chi connectivity index (χ3n) is 2.59. The van der Waals surface area contributed by atoms with Crippen LogP contribution in [0.15, 0.2) is 12.4 Å². The van der Waals surface area contributed by atoms with Crippen LogP contribution >= 0.6 is 0 Å². The molecule has 5 nitrogen and oxygen atoms in total. The summed E-state index contributed by atoms with van der Waals surface area (Å²) in [6.45, 7) is 1.97. The van der Waals surface area contributed by atoms with E-state index in [1.807, 2.05) is 10.8 Å². The van der Waals surface area contributed by atoms with Crippen LogP contribution in [0.4, 0.5) is 0 Å². The minimum Gasteiger partial charge on any atom is -0.363 e. The van der Waals surface area contributed by atoms with Crippen LogP contribution in [-0.2, 0) is 0 Å². The predicted molar refractivity (Wildman–Crippen MR) is 51.9 cm³/mol. The summed E-state index contributed by atoms with van der Waals surface area (Å²) in [4.78, 5) is 15.0. The van der Waals surface area contributed by atoms with Crippen molar-refractivity contribution in [3.05, 3.63) is 18.2 Å². The fourth-order valence-corrected chi connectivity index (χ4v) is 1.88. The molecule has 76 valence electrons. The summed E-state index contributed by atoms with van der Waals surface area (Å²) in [5, 5.41) is 3.28. The number of nitrogens with two attached hydrogens (primary N) is 1. The Kier molecular flexibility index (Phi) is 2.49. The van der Waals surface area contributed by atoms with Crippen molar-refractivity contribution in [3.8, 4) is 0 Å². The number of nitrogens with zero attached hydrogens (tertiary/aromatic N) is 2. The second kappa shape index (κ2) is 3.79. The number of aromatic nitrogens is 2. The highest BCUT2D eigenvalue weighted by Gasteiger charge is 2.19. The number of primary amides is 1. The summed E-state index contributed by atoms with van der Waals surface area (Å²) in [5.74, 6) is -0.0783. The van der Waals surface area contributed by atoms with Crippen molar-refractivity contribution >= 4 is 5.91 Å². The van der Waals surface area contributed by atoms with Crippen LogP contribution in [0.25, 0.3) is 0 Å².